The molecule has 5 nitrogen and oxygen atoms in total. The van der Waals surface area contributed by atoms with Crippen LogP contribution in [0.2, 0.25) is 0 Å². The van der Waals surface area contributed by atoms with Crippen LogP contribution in [-0.4, -0.2) is 57.9 Å². The van der Waals surface area contributed by atoms with Gasteiger partial charge in [0.25, 0.3) is 5.91 Å². The van der Waals surface area contributed by atoms with E-state index in [0.29, 0.717) is 12.0 Å². The number of H-pyrrole nitrogens is 1. The summed E-state index contributed by atoms with van der Waals surface area (Å²) in [4.78, 5) is 25.2. The lowest BCUT2D eigenvalue weighted by Crippen LogP contribution is -2.44. The Hall–Kier alpha value is -2.14. The molecule has 3 saturated heterocycles. The van der Waals surface area contributed by atoms with Gasteiger partial charge in [0.2, 0.25) is 0 Å². The van der Waals surface area contributed by atoms with Gasteiger partial charge in [0.05, 0.1) is 0 Å². The lowest BCUT2D eigenvalue weighted by molar-refractivity contribution is 0.0738. The van der Waals surface area contributed by atoms with E-state index in [9.17, 15) is 4.79 Å². The molecular weight excluding hydrogens is 312 g/mol. The number of carbonyl (C=O) groups is 1. The maximum Gasteiger partial charge on any atom is 0.253 e. The van der Waals surface area contributed by atoms with Gasteiger partial charge >= 0.3 is 0 Å². The zero-order valence-electron chi connectivity index (χ0n) is 14.8. The van der Waals surface area contributed by atoms with E-state index in [2.05, 4.69) is 26.7 Å². The van der Waals surface area contributed by atoms with E-state index in [-0.39, 0.29) is 5.91 Å². The molecule has 25 heavy (non-hydrogen) atoms. The van der Waals surface area contributed by atoms with Crippen molar-refractivity contribution in [2.75, 3.05) is 26.2 Å². The summed E-state index contributed by atoms with van der Waals surface area (Å²) in [5.41, 5.74) is 1.72. The molecule has 2 bridgehead atoms. The zero-order chi connectivity index (χ0) is 17.2. The monoisotopic (exact) mass is 338 g/mol. The van der Waals surface area contributed by atoms with Gasteiger partial charge in [-0.2, -0.15) is 0 Å². The van der Waals surface area contributed by atoms with Crippen molar-refractivity contribution in [3.05, 3.63) is 42.2 Å². The second-order valence-corrected chi connectivity index (χ2v) is 7.32. The highest BCUT2D eigenvalue weighted by Gasteiger charge is 2.36. The molecule has 2 atom stereocenters. The minimum absolute atomic E-state index is 0.156. The first-order valence-corrected chi connectivity index (χ1v) is 9.37. The lowest BCUT2D eigenvalue weighted by Gasteiger charge is -2.35. The van der Waals surface area contributed by atoms with Gasteiger partial charge in [-0.15, -0.1) is 0 Å². The predicted molar refractivity (Wildman–Crippen MR) is 98.3 cm³/mol. The van der Waals surface area contributed by atoms with Crippen molar-refractivity contribution in [2.24, 2.45) is 5.92 Å². The number of aromatic amines is 1. The van der Waals surface area contributed by atoms with Crippen molar-refractivity contribution in [3.63, 3.8) is 0 Å². The van der Waals surface area contributed by atoms with E-state index in [0.717, 1.165) is 43.1 Å². The first kappa shape index (κ1) is 16.3. The Morgan fingerprint density at radius 1 is 1.28 bits per heavy atom. The van der Waals surface area contributed by atoms with E-state index < -0.39 is 0 Å². The topological polar surface area (TPSA) is 52.2 Å². The van der Waals surface area contributed by atoms with Gasteiger partial charge in [-0.1, -0.05) is 19.1 Å². The van der Waals surface area contributed by atoms with Crippen LogP contribution in [0.15, 0.2) is 36.7 Å². The van der Waals surface area contributed by atoms with Crippen molar-refractivity contribution in [2.45, 2.75) is 32.2 Å². The second kappa shape index (κ2) is 7.00. The maximum atomic E-state index is 13.1. The van der Waals surface area contributed by atoms with Gasteiger partial charge in [-0.3, -0.25) is 9.69 Å². The summed E-state index contributed by atoms with van der Waals surface area (Å²) >= 11 is 0. The minimum atomic E-state index is 0.156. The van der Waals surface area contributed by atoms with Gasteiger partial charge in [0.15, 0.2) is 0 Å². The van der Waals surface area contributed by atoms with Crippen LogP contribution in [0.5, 0.6) is 0 Å². The van der Waals surface area contributed by atoms with Gasteiger partial charge in [-0.05, 0) is 43.9 Å². The molecule has 1 N–H and O–H groups in total. The van der Waals surface area contributed by atoms with Crippen LogP contribution in [0, 0.1) is 5.92 Å². The number of nitrogens with one attached hydrogen (secondary N) is 1. The molecule has 0 aliphatic carbocycles. The fourth-order valence-corrected chi connectivity index (χ4v) is 4.31. The summed E-state index contributed by atoms with van der Waals surface area (Å²) in [5.74, 6) is 1.57. The molecule has 1 amide bonds. The molecule has 3 fully saturated rings. The average Bonchev–Trinajstić information content (AvgIpc) is 3.03. The van der Waals surface area contributed by atoms with E-state index in [1.165, 1.54) is 19.3 Å². The Morgan fingerprint density at radius 2 is 2.20 bits per heavy atom. The first-order chi connectivity index (χ1) is 12.2. The van der Waals surface area contributed by atoms with Crippen LogP contribution in [0.1, 0.15) is 36.5 Å². The van der Waals surface area contributed by atoms with Crippen molar-refractivity contribution in [1.82, 2.24) is 19.8 Å². The summed E-state index contributed by atoms with van der Waals surface area (Å²) in [7, 11) is 0. The molecule has 2 aromatic rings. The summed E-state index contributed by atoms with van der Waals surface area (Å²) in [6.07, 6.45) is 7.20. The fourth-order valence-electron chi connectivity index (χ4n) is 4.31. The number of hydrogen-bond donors (Lipinski definition) is 1. The van der Waals surface area contributed by atoms with Crippen LogP contribution in [0.4, 0.5) is 0 Å². The maximum absolute atomic E-state index is 13.1. The van der Waals surface area contributed by atoms with Crippen molar-refractivity contribution < 1.29 is 4.79 Å². The number of hydrogen-bond acceptors (Lipinski definition) is 3. The molecule has 0 saturated carbocycles. The summed E-state index contributed by atoms with van der Waals surface area (Å²) < 4.78 is 0. The molecule has 3 aliphatic heterocycles. The smallest absolute Gasteiger partial charge is 0.253 e. The predicted octanol–water partition coefficient (Wildman–Crippen LogP) is 3.02. The van der Waals surface area contributed by atoms with Crippen LogP contribution in [0.25, 0.3) is 11.4 Å². The van der Waals surface area contributed by atoms with E-state index in [1.54, 1.807) is 12.4 Å². The largest absolute Gasteiger partial charge is 0.345 e. The standard InChI is InChI=1S/C20H26N4O/c1-2-10-23-12-15-6-7-18(23)14-24(13-15)20(25)17-5-3-4-16(11-17)19-21-8-9-22-19/h3-5,8-9,11,15,18H,2,6-7,10,12-14H2,1H3,(H,21,22)/t15-,18-/m1/s1. The Bertz CT molecular complexity index is 727. The third-order valence-electron chi connectivity index (χ3n) is 5.51. The second-order valence-electron chi connectivity index (χ2n) is 7.32. The number of imidazole rings is 1. The highest BCUT2D eigenvalue weighted by molar-refractivity contribution is 5.95. The normalized spacial score (nSPS) is 23.6. The Labute approximate surface area is 149 Å². The highest BCUT2D eigenvalue weighted by Crippen LogP contribution is 2.29. The number of piperidine rings is 1. The molecule has 4 heterocycles. The summed E-state index contributed by atoms with van der Waals surface area (Å²) in [6, 6.07) is 8.34. The fraction of sp³-hybridized carbons (Fsp3) is 0.500. The van der Waals surface area contributed by atoms with Crippen molar-refractivity contribution in [1.29, 1.82) is 0 Å². The number of carbonyl (C=O) groups excluding carboxylic acids is 1. The zero-order valence-corrected chi connectivity index (χ0v) is 14.8. The number of nitrogens with zero attached hydrogens (tertiary/aromatic N) is 3. The number of benzene rings is 1. The molecule has 0 spiro atoms. The average molecular weight is 338 g/mol. The van der Waals surface area contributed by atoms with Gasteiger partial charge in [-0.25, -0.2) is 4.98 Å². The number of aromatic nitrogens is 2. The van der Waals surface area contributed by atoms with E-state index >= 15 is 0 Å². The molecule has 5 rings (SSSR count). The SMILES string of the molecule is CCCN1C[C@H]2CC[C@@H]1CN(C(=O)c1cccc(-c3ncc[nH]3)c1)C2. The Morgan fingerprint density at radius 3 is 3.00 bits per heavy atom. The molecule has 0 unspecified atom stereocenters. The Balaban J connectivity index is 1.54. The van der Waals surface area contributed by atoms with Gasteiger partial charge < -0.3 is 9.88 Å². The first-order valence-electron chi connectivity index (χ1n) is 9.37. The van der Waals surface area contributed by atoms with Crippen LogP contribution < -0.4 is 0 Å². The quantitative estimate of drug-likeness (QED) is 0.932. The van der Waals surface area contributed by atoms with E-state index in [1.807, 2.05) is 24.3 Å². The summed E-state index contributed by atoms with van der Waals surface area (Å²) in [5, 5.41) is 0. The molecule has 3 aliphatic rings. The van der Waals surface area contributed by atoms with Crippen LogP contribution in [-0.2, 0) is 0 Å². The van der Waals surface area contributed by atoms with Crippen LogP contribution >= 0.6 is 0 Å². The summed E-state index contributed by atoms with van der Waals surface area (Å²) in [6.45, 7) is 6.29. The molecule has 132 valence electrons. The number of amides is 1. The molecule has 1 aromatic heterocycles. The lowest BCUT2D eigenvalue weighted by atomic mass is 9.95. The molecule has 5 heteroatoms. The third kappa shape index (κ3) is 3.33. The molecule has 1 aromatic carbocycles. The van der Waals surface area contributed by atoms with Crippen molar-refractivity contribution in [3.8, 4) is 11.4 Å². The van der Waals surface area contributed by atoms with E-state index in [4.69, 9.17) is 0 Å². The van der Waals surface area contributed by atoms with Gasteiger partial charge in [0, 0.05) is 49.2 Å². The highest BCUT2D eigenvalue weighted by atomic mass is 16.2. The van der Waals surface area contributed by atoms with Crippen LogP contribution in [0.3, 0.4) is 0 Å². The third-order valence-corrected chi connectivity index (χ3v) is 5.51. The van der Waals surface area contributed by atoms with Gasteiger partial charge in [0.1, 0.15) is 5.82 Å². The minimum Gasteiger partial charge on any atom is -0.345 e. The Kier molecular flexibility index (Phi) is 4.57. The molecule has 0 radical (unpaired) electrons. The number of fused-ring (bicyclic) bond motifs is 4. The number of rotatable bonds is 4. The molecular formula is C20H26N4O. The van der Waals surface area contributed by atoms with Crippen molar-refractivity contribution >= 4 is 5.91 Å².